The van der Waals surface area contributed by atoms with E-state index in [0.717, 1.165) is 4.90 Å². The van der Waals surface area contributed by atoms with Gasteiger partial charge in [0, 0.05) is 49.3 Å². The summed E-state index contributed by atoms with van der Waals surface area (Å²) in [7, 11) is 10.1. The van der Waals surface area contributed by atoms with Gasteiger partial charge < -0.3 is 60.7 Å². The maximum Gasteiger partial charge on any atom is 0.246 e. The highest BCUT2D eigenvalue weighted by Gasteiger charge is 2.44. The number of likely N-dealkylation sites (N-methyl/N-ethyl adjacent to an activating group) is 7. The van der Waals surface area contributed by atoms with Crippen LogP contribution in [-0.2, 0) is 52.7 Å². The van der Waals surface area contributed by atoms with E-state index < -0.39 is 150 Å². The summed E-state index contributed by atoms with van der Waals surface area (Å²) >= 11 is 0. The van der Waals surface area contributed by atoms with Gasteiger partial charge in [-0.2, -0.15) is 0 Å². The number of hydrogen-bond acceptors (Lipinski definition) is 12. The molecule has 23 heteroatoms. The maximum atomic E-state index is 15.1. The summed E-state index contributed by atoms with van der Waals surface area (Å²) in [6.07, 6.45) is 0.323. The summed E-state index contributed by atoms with van der Waals surface area (Å²) < 4.78 is 0. The number of nitrogens with zero attached hydrogens (tertiary/aromatic N) is 7. The Hall–Kier alpha value is -5.87. The third-order valence-electron chi connectivity index (χ3n) is 15.9. The van der Waals surface area contributed by atoms with Crippen molar-refractivity contribution in [3.63, 3.8) is 0 Å². The average Bonchev–Trinajstić information content (AvgIpc) is 3.52. The topological polar surface area (TPSA) is 279 Å². The van der Waals surface area contributed by atoms with E-state index in [1.807, 2.05) is 62.3 Å². The fourth-order valence-electron chi connectivity index (χ4n) is 10.8. The maximum absolute atomic E-state index is 15.1. The Kier molecular flexibility index (Phi) is 31.1. The molecule has 0 aliphatic carbocycles. The van der Waals surface area contributed by atoms with Crippen LogP contribution in [0.15, 0.2) is 0 Å². The molecule has 0 spiro atoms. The highest BCUT2D eigenvalue weighted by molar-refractivity contribution is 5.99. The van der Waals surface area contributed by atoms with Crippen LogP contribution in [0.4, 0.5) is 0 Å². The number of carbonyl (C=O) groups excluding carboxylic acids is 11. The predicted octanol–water partition coefficient (Wildman–Crippen LogP) is 3.10. The van der Waals surface area contributed by atoms with Gasteiger partial charge in [-0.25, -0.2) is 0 Å². The molecule has 482 valence electrons. The van der Waals surface area contributed by atoms with E-state index in [1.54, 1.807) is 41.5 Å². The van der Waals surface area contributed by atoms with Gasteiger partial charge in [0.05, 0.1) is 12.6 Å². The Bertz CT molecular complexity index is 2260. The highest BCUT2D eigenvalue weighted by atomic mass is 16.3. The molecule has 23 nitrogen and oxygen atoms in total. The molecule has 1 aliphatic heterocycles. The third-order valence-corrected chi connectivity index (χ3v) is 15.9. The molecular weight excluding hydrogens is 1080 g/mol. The summed E-state index contributed by atoms with van der Waals surface area (Å²) in [6.45, 7) is 29.5. The van der Waals surface area contributed by atoms with Crippen molar-refractivity contribution in [3.8, 4) is 0 Å². The lowest BCUT2D eigenvalue weighted by Crippen LogP contribution is -2.61. The molecule has 84 heavy (non-hydrogen) atoms. The fourth-order valence-corrected chi connectivity index (χ4v) is 10.8. The first-order valence-corrected chi connectivity index (χ1v) is 30.4. The van der Waals surface area contributed by atoms with Crippen LogP contribution in [0.1, 0.15) is 163 Å². The van der Waals surface area contributed by atoms with Crippen LogP contribution < -0.4 is 21.3 Å². The molecular formula is C61H111N11O12. The molecule has 5 N–H and O–H groups in total. The molecule has 0 aromatic carbocycles. The summed E-state index contributed by atoms with van der Waals surface area (Å²) in [5.74, 6) is -8.84. The second-order valence-corrected chi connectivity index (χ2v) is 26.3. The van der Waals surface area contributed by atoms with Gasteiger partial charge in [-0.3, -0.25) is 52.7 Å². The zero-order chi connectivity index (χ0) is 65.3. The molecule has 0 bridgehead atoms. The second-order valence-electron chi connectivity index (χ2n) is 26.3. The first kappa shape index (κ1) is 76.1. The quantitative estimate of drug-likeness (QED) is 0.158. The second kappa shape index (κ2) is 34.3. The average molecular weight is 1190 g/mol. The molecule has 0 aromatic rings. The van der Waals surface area contributed by atoms with Gasteiger partial charge in [0.1, 0.15) is 60.4 Å². The Morgan fingerprint density at radius 1 is 0.417 bits per heavy atom. The van der Waals surface area contributed by atoms with Crippen molar-refractivity contribution >= 4 is 65.0 Å². The van der Waals surface area contributed by atoms with Gasteiger partial charge in [0.2, 0.25) is 65.0 Å². The summed E-state index contributed by atoms with van der Waals surface area (Å²) in [4.78, 5) is 168. The van der Waals surface area contributed by atoms with E-state index in [-0.39, 0.29) is 74.5 Å². The van der Waals surface area contributed by atoms with Gasteiger partial charge in [-0.15, -0.1) is 0 Å². The Morgan fingerprint density at radius 3 is 1.24 bits per heavy atom. The monoisotopic (exact) mass is 1190 g/mol. The Morgan fingerprint density at radius 2 is 0.798 bits per heavy atom. The highest BCUT2D eigenvalue weighted by Crippen LogP contribution is 2.25. The lowest BCUT2D eigenvalue weighted by atomic mass is 9.93. The minimum absolute atomic E-state index is 0.0512. The van der Waals surface area contributed by atoms with E-state index >= 15 is 9.59 Å². The van der Waals surface area contributed by atoms with Crippen LogP contribution in [0.25, 0.3) is 0 Å². The van der Waals surface area contributed by atoms with E-state index in [2.05, 4.69) is 21.3 Å². The molecule has 1 heterocycles. The lowest BCUT2D eigenvalue weighted by Gasteiger charge is -2.41. The largest absolute Gasteiger partial charge is 0.393 e. The first-order chi connectivity index (χ1) is 38.6. The Balaban J connectivity index is 4.27. The molecule has 0 aromatic heterocycles. The van der Waals surface area contributed by atoms with Crippen molar-refractivity contribution in [1.29, 1.82) is 0 Å². The number of carbonyl (C=O) groups is 11. The van der Waals surface area contributed by atoms with Crippen LogP contribution in [0.3, 0.4) is 0 Å². The van der Waals surface area contributed by atoms with Crippen molar-refractivity contribution in [2.24, 2.45) is 41.4 Å². The third kappa shape index (κ3) is 21.9. The first-order valence-electron chi connectivity index (χ1n) is 30.4. The number of nitrogens with one attached hydrogen (secondary N) is 4. The Labute approximate surface area is 503 Å². The van der Waals surface area contributed by atoms with Gasteiger partial charge >= 0.3 is 0 Å². The van der Waals surface area contributed by atoms with Crippen LogP contribution >= 0.6 is 0 Å². The lowest BCUT2D eigenvalue weighted by molar-refractivity contribution is -0.156. The fraction of sp³-hybridized carbons (Fsp3) is 0.820. The van der Waals surface area contributed by atoms with Gasteiger partial charge in [0.15, 0.2) is 0 Å². The van der Waals surface area contributed by atoms with Crippen molar-refractivity contribution < 1.29 is 57.8 Å². The van der Waals surface area contributed by atoms with Gasteiger partial charge in [-0.1, -0.05) is 96.9 Å². The van der Waals surface area contributed by atoms with Crippen LogP contribution in [0.2, 0.25) is 0 Å². The molecule has 0 radical (unpaired) electrons. The molecule has 11 amide bonds. The van der Waals surface area contributed by atoms with Crippen LogP contribution in [0.5, 0.6) is 0 Å². The molecule has 1 saturated heterocycles. The number of hydrogen-bond donors (Lipinski definition) is 5. The minimum atomic E-state index is -1.22. The zero-order valence-electron chi connectivity index (χ0n) is 55.6. The van der Waals surface area contributed by atoms with Gasteiger partial charge in [-0.05, 0) is 107 Å². The van der Waals surface area contributed by atoms with Crippen molar-refractivity contribution in [2.75, 3.05) is 55.9 Å². The molecule has 1 aliphatic rings. The zero-order valence-corrected chi connectivity index (χ0v) is 55.6. The van der Waals surface area contributed by atoms with Crippen LogP contribution in [-0.4, -0.2) is 227 Å². The summed E-state index contributed by atoms with van der Waals surface area (Å²) in [5.41, 5.74) is 0. The van der Waals surface area contributed by atoms with Crippen molar-refractivity contribution in [3.05, 3.63) is 0 Å². The molecule has 0 saturated carbocycles. The summed E-state index contributed by atoms with van der Waals surface area (Å²) in [5, 5.41) is 21.5. The van der Waals surface area contributed by atoms with Crippen LogP contribution in [0, 0.1) is 41.4 Å². The van der Waals surface area contributed by atoms with E-state index in [0.29, 0.717) is 0 Å². The molecule has 4 unspecified atom stereocenters. The number of aliphatic hydroxyl groups is 1. The number of aliphatic hydroxyl groups excluding tert-OH is 1. The molecule has 12 atom stereocenters. The number of amides is 11. The standard InChI is InChI=1S/C61H111N11O12/c1-25-43-57(80)66(18)32-49(74)67(19)44(26-33(2)3)55(78)65-50(37(10)11)60(83)68(20)45(27-34(4)5)53(76)62-41(16)52(75)63-42(17)56(79)70(22)47(28-35(6)7)58(81)71(23)48(29-36(8)9)59(82)72(24)51(38(12)13)61(84)69(21)46(54(77)64-43)31-39(14)30-40(15)73/h33-48,50-51,73H,25-32H2,1-24H3,(H,62,76)(H,63,75)(H,64,77)(H,65,78)/t39-,40?,41+,42-,43+,44+,45+,46?,47+,48+,50?,51?/m1/s1. The minimum Gasteiger partial charge on any atom is -0.393 e. The van der Waals surface area contributed by atoms with E-state index in [1.165, 1.54) is 92.6 Å². The predicted molar refractivity (Wildman–Crippen MR) is 324 cm³/mol. The van der Waals surface area contributed by atoms with Gasteiger partial charge in [0.25, 0.3) is 0 Å². The van der Waals surface area contributed by atoms with E-state index in [9.17, 15) is 48.3 Å². The summed E-state index contributed by atoms with van der Waals surface area (Å²) in [6, 6.07) is -11.7. The molecule has 1 fully saturated rings. The normalized spacial score (nSPS) is 27.0. The number of rotatable bonds is 15. The van der Waals surface area contributed by atoms with Crippen molar-refractivity contribution in [1.82, 2.24) is 55.6 Å². The van der Waals surface area contributed by atoms with Crippen molar-refractivity contribution in [2.45, 2.75) is 229 Å². The molecule has 1 rings (SSSR count). The smallest absolute Gasteiger partial charge is 0.246 e. The van der Waals surface area contributed by atoms with E-state index in [4.69, 9.17) is 0 Å². The SMILES string of the molecule is CC[C@@H]1NC(=O)C(C[C@H](C)CC(C)O)N(C)C(=O)C(C(C)C)N(C)C(=O)[C@H](CC(C)C)N(C)C(=O)[C@H](CC(C)C)N(C)C(=O)[C@@H](C)NC(=O)[C@H](C)NC(=O)[C@H](CC(C)C)N(C)C(=O)C(C(C)C)NC(=O)[C@H](CC(C)C)N(C)C(=O)CN(C)C1=O.